The van der Waals surface area contributed by atoms with Crippen LogP contribution in [-0.4, -0.2) is 12.6 Å². The van der Waals surface area contributed by atoms with E-state index < -0.39 is 0 Å². The number of unbranched alkanes of at least 4 members (excludes halogenated alkanes) is 1. The summed E-state index contributed by atoms with van der Waals surface area (Å²) in [6.45, 7) is 4.39. The van der Waals surface area contributed by atoms with Gasteiger partial charge in [-0.1, -0.05) is 43.7 Å². The van der Waals surface area contributed by atoms with E-state index in [1.54, 1.807) is 6.08 Å². The Bertz CT molecular complexity index is 366. The zero-order valence-electron chi connectivity index (χ0n) is 10.6. The van der Waals surface area contributed by atoms with Gasteiger partial charge >= 0.3 is 5.97 Å². The van der Waals surface area contributed by atoms with Crippen LogP contribution in [-0.2, 0) is 9.53 Å². The van der Waals surface area contributed by atoms with E-state index in [4.69, 9.17) is 4.74 Å². The molecule has 0 bridgehead atoms. The Morgan fingerprint density at radius 1 is 1.24 bits per heavy atom. The summed E-state index contributed by atoms with van der Waals surface area (Å²) in [5.74, 6) is -0.248. The lowest BCUT2D eigenvalue weighted by molar-refractivity contribution is -0.137. The molecule has 92 valence electrons. The molecule has 0 atom stereocenters. The SMILES string of the molecule is CCCC/C(=C\C(=O)OCC)c1ccccc1. The average Bonchev–Trinajstić information content (AvgIpc) is 2.36. The smallest absolute Gasteiger partial charge is 0.331 e. The van der Waals surface area contributed by atoms with Crippen molar-refractivity contribution in [3.63, 3.8) is 0 Å². The molecule has 0 saturated carbocycles. The van der Waals surface area contributed by atoms with E-state index in [-0.39, 0.29) is 5.97 Å². The highest BCUT2D eigenvalue weighted by atomic mass is 16.5. The van der Waals surface area contributed by atoms with Crippen molar-refractivity contribution < 1.29 is 9.53 Å². The molecule has 2 heteroatoms. The fourth-order valence-electron chi connectivity index (χ4n) is 1.65. The van der Waals surface area contributed by atoms with Crippen molar-refractivity contribution in [2.45, 2.75) is 33.1 Å². The fraction of sp³-hybridized carbons (Fsp3) is 0.400. The molecule has 0 heterocycles. The molecule has 0 radical (unpaired) electrons. The second-order valence-electron chi connectivity index (χ2n) is 3.89. The molecule has 0 aliphatic carbocycles. The molecule has 0 spiro atoms. The van der Waals surface area contributed by atoms with Gasteiger partial charge in [-0.05, 0) is 30.9 Å². The molecule has 1 rings (SSSR count). The Kier molecular flexibility index (Phi) is 6.08. The van der Waals surface area contributed by atoms with E-state index in [9.17, 15) is 4.79 Å². The average molecular weight is 232 g/mol. The minimum absolute atomic E-state index is 0.248. The summed E-state index contributed by atoms with van der Waals surface area (Å²) in [7, 11) is 0. The summed E-state index contributed by atoms with van der Waals surface area (Å²) in [6, 6.07) is 10.0. The van der Waals surface area contributed by atoms with Crippen molar-refractivity contribution in [3.05, 3.63) is 42.0 Å². The molecule has 1 aromatic rings. The third kappa shape index (κ3) is 4.85. The van der Waals surface area contributed by atoms with E-state index in [1.807, 2.05) is 37.3 Å². The van der Waals surface area contributed by atoms with Crippen LogP contribution in [0.1, 0.15) is 38.7 Å². The predicted molar refractivity (Wildman–Crippen MR) is 70.6 cm³/mol. The van der Waals surface area contributed by atoms with E-state index in [0.29, 0.717) is 6.61 Å². The number of rotatable bonds is 6. The van der Waals surface area contributed by atoms with E-state index >= 15 is 0 Å². The van der Waals surface area contributed by atoms with Crippen molar-refractivity contribution in [3.8, 4) is 0 Å². The van der Waals surface area contributed by atoms with Gasteiger partial charge in [-0.3, -0.25) is 0 Å². The Morgan fingerprint density at radius 2 is 1.94 bits per heavy atom. The largest absolute Gasteiger partial charge is 0.463 e. The highest BCUT2D eigenvalue weighted by Crippen LogP contribution is 2.20. The lowest BCUT2D eigenvalue weighted by Crippen LogP contribution is -2.01. The van der Waals surface area contributed by atoms with Gasteiger partial charge in [-0.15, -0.1) is 0 Å². The monoisotopic (exact) mass is 232 g/mol. The highest BCUT2D eigenvalue weighted by Gasteiger charge is 2.04. The van der Waals surface area contributed by atoms with Gasteiger partial charge in [-0.2, -0.15) is 0 Å². The molecule has 0 aromatic heterocycles. The third-order valence-corrected chi connectivity index (χ3v) is 2.52. The van der Waals surface area contributed by atoms with Crippen LogP contribution in [0.4, 0.5) is 0 Å². The Morgan fingerprint density at radius 3 is 2.53 bits per heavy atom. The maximum absolute atomic E-state index is 11.5. The Balaban J connectivity index is 2.84. The van der Waals surface area contributed by atoms with Gasteiger partial charge in [0, 0.05) is 6.08 Å². The molecule has 0 unspecified atom stereocenters. The lowest BCUT2D eigenvalue weighted by atomic mass is 10.00. The molecule has 2 nitrogen and oxygen atoms in total. The van der Waals surface area contributed by atoms with Crippen LogP contribution in [0.3, 0.4) is 0 Å². The molecule has 0 N–H and O–H groups in total. The van der Waals surface area contributed by atoms with Crippen molar-refractivity contribution in [2.75, 3.05) is 6.61 Å². The summed E-state index contributed by atoms with van der Waals surface area (Å²) in [5.41, 5.74) is 2.17. The maximum atomic E-state index is 11.5. The first kappa shape index (κ1) is 13.5. The quantitative estimate of drug-likeness (QED) is 0.550. The molecule has 0 saturated heterocycles. The summed E-state index contributed by atoms with van der Waals surface area (Å²) < 4.78 is 4.96. The predicted octanol–water partition coefficient (Wildman–Crippen LogP) is 3.82. The number of benzene rings is 1. The second-order valence-corrected chi connectivity index (χ2v) is 3.89. The topological polar surface area (TPSA) is 26.3 Å². The minimum atomic E-state index is -0.248. The van der Waals surface area contributed by atoms with E-state index in [2.05, 4.69) is 6.92 Å². The molecule has 0 fully saturated rings. The molecule has 0 aliphatic rings. The van der Waals surface area contributed by atoms with Gasteiger partial charge in [-0.25, -0.2) is 4.79 Å². The molecule has 17 heavy (non-hydrogen) atoms. The van der Waals surface area contributed by atoms with Crippen LogP contribution < -0.4 is 0 Å². The number of hydrogen-bond donors (Lipinski definition) is 0. The van der Waals surface area contributed by atoms with Crippen LogP contribution in [0.5, 0.6) is 0 Å². The Hall–Kier alpha value is -1.57. The van der Waals surface area contributed by atoms with E-state index in [1.165, 1.54) is 0 Å². The van der Waals surface area contributed by atoms with Crippen LogP contribution in [0.2, 0.25) is 0 Å². The summed E-state index contributed by atoms with van der Waals surface area (Å²) >= 11 is 0. The molecule has 1 aromatic carbocycles. The number of carbonyl (C=O) groups is 1. The third-order valence-electron chi connectivity index (χ3n) is 2.52. The summed E-state index contributed by atoms with van der Waals surface area (Å²) in [6.07, 6.45) is 4.74. The van der Waals surface area contributed by atoms with Crippen LogP contribution in [0, 0.1) is 0 Å². The highest BCUT2D eigenvalue weighted by molar-refractivity contribution is 5.91. The van der Waals surface area contributed by atoms with Gasteiger partial charge in [0.1, 0.15) is 0 Å². The molecular weight excluding hydrogens is 212 g/mol. The minimum Gasteiger partial charge on any atom is -0.463 e. The first-order chi connectivity index (χ1) is 8.27. The number of hydrogen-bond acceptors (Lipinski definition) is 2. The van der Waals surface area contributed by atoms with Crippen molar-refractivity contribution in [1.82, 2.24) is 0 Å². The summed E-state index contributed by atoms with van der Waals surface area (Å²) in [5, 5.41) is 0. The number of ether oxygens (including phenoxy) is 1. The van der Waals surface area contributed by atoms with Crippen molar-refractivity contribution in [2.24, 2.45) is 0 Å². The zero-order valence-corrected chi connectivity index (χ0v) is 10.6. The number of esters is 1. The van der Waals surface area contributed by atoms with Crippen LogP contribution in [0.15, 0.2) is 36.4 Å². The molecule has 0 aliphatic heterocycles. The number of allylic oxidation sites excluding steroid dienone is 1. The lowest BCUT2D eigenvalue weighted by Gasteiger charge is -2.07. The van der Waals surface area contributed by atoms with Gasteiger partial charge < -0.3 is 4.74 Å². The maximum Gasteiger partial charge on any atom is 0.331 e. The van der Waals surface area contributed by atoms with Gasteiger partial charge in [0.2, 0.25) is 0 Å². The standard InChI is InChI=1S/C15H20O2/c1-3-5-9-14(12-15(16)17-4-2)13-10-7-6-8-11-13/h6-8,10-12H,3-5,9H2,1-2H3/b14-12+. The normalized spacial score (nSPS) is 11.3. The fourth-order valence-corrected chi connectivity index (χ4v) is 1.65. The van der Waals surface area contributed by atoms with Crippen LogP contribution >= 0.6 is 0 Å². The van der Waals surface area contributed by atoms with Crippen molar-refractivity contribution in [1.29, 1.82) is 0 Å². The molecule has 0 amide bonds. The second kappa shape index (κ2) is 7.66. The van der Waals surface area contributed by atoms with Crippen molar-refractivity contribution >= 4 is 11.5 Å². The molecular formula is C15H20O2. The van der Waals surface area contributed by atoms with Gasteiger partial charge in [0.15, 0.2) is 0 Å². The first-order valence-electron chi connectivity index (χ1n) is 6.20. The first-order valence-corrected chi connectivity index (χ1v) is 6.20. The number of carbonyl (C=O) groups excluding carboxylic acids is 1. The summed E-state index contributed by atoms with van der Waals surface area (Å²) in [4.78, 5) is 11.5. The van der Waals surface area contributed by atoms with E-state index in [0.717, 1.165) is 30.4 Å². The zero-order chi connectivity index (χ0) is 12.5. The van der Waals surface area contributed by atoms with Gasteiger partial charge in [0.25, 0.3) is 0 Å². The van der Waals surface area contributed by atoms with Gasteiger partial charge in [0.05, 0.1) is 6.61 Å². The Labute approximate surface area is 103 Å². The van der Waals surface area contributed by atoms with Crippen LogP contribution in [0.25, 0.3) is 5.57 Å².